The van der Waals surface area contributed by atoms with Crippen molar-refractivity contribution in [3.8, 4) is 0 Å². The van der Waals surface area contributed by atoms with Crippen molar-refractivity contribution in [2.45, 2.75) is 64.7 Å². The van der Waals surface area contributed by atoms with Crippen LogP contribution in [0.25, 0.3) is 0 Å². The fourth-order valence-electron chi connectivity index (χ4n) is 4.79. The second kappa shape index (κ2) is 13.1. The van der Waals surface area contributed by atoms with Gasteiger partial charge in [0.1, 0.15) is 0 Å². The second-order valence-corrected chi connectivity index (χ2v) is 9.18. The van der Waals surface area contributed by atoms with Crippen LogP contribution in [0.3, 0.4) is 0 Å². The summed E-state index contributed by atoms with van der Waals surface area (Å²) in [5.41, 5.74) is 3.52. The predicted octanol–water partition coefficient (Wildman–Crippen LogP) is 4.54. The van der Waals surface area contributed by atoms with Crippen LogP contribution in [-0.2, 0) is 17.9 Å². The van der Waals surface area contributed by atoms with E-state index < -0.39 is 0 Å². The summed E-state index contributed by atoms with van der Waals surface area (Å²) in [7, 11) is 0. The molecule has 0 aromatic heterocycles. The number of guanidine groups is 1. The van der Waals surface area contributed by atoms with Gasteiger partial charge in [0.2, 0.25) is 5.91 Å². The number of hydrogen-bond donors (Lipinski definition) is 2. The third kappa shape index (κ3) is 7.18. The zero-order valence-electron chi connectivity index (χ0n) is 20.4. The Morgan fingerprint density at radius 2 is 1.82 bits per heavy atom. The first-order chi connectivity index (χ1) is 16.1. The number of amides is 1. The standard InChI is InChI=1S/C27H37N5O.HI/c1-3-28-27(29-19-22-11-13-25(14-12-22)32-16-7-10-26(32)33)30-24-15-17-31(21(2)18-24)20-23-8-5-4-6-9-23;/h4-6,8-9,11-14,21,24H,3,7,10,15-20H2,1-2H3,(H2,28,29,30);1H. The van der Waals surface area contributed by atoms with Crippen LogP contribution in [0.15, 0.2) is 59.6 Å². The number of likely N-dealkylation sites (tertiary alicyclic amines) is 1. The monoisotopic (exact) mass is 575 g/mol. The number of rotatable bonds is 7. The predicted molar refractivity (Wildman–Crippen MR) is 151 cm³/mol. The van der Waals surface area contributed by atoms with Crippen molar-refractivity contribution in [1.82, 2.24) is 15.5 Å². The van der Waals surface area contributed by atoms with Crippen molar-refractivity contribution >= 4 is 41.5 Å². The molecule has 2 fully saturated rings. The zero-order valence-corrected chi connectivity index (χ0v) is 22.7. The molecule has 2 saturated heterocycles. The molecule has 1 amide bonds. The molecule has 2 atom stereocenters. The largest absolute Gasteiger partial charge is 0.357 e. The maximum Gasteiger partial charge on any atom is 0.227 e. The van der Waals surface area contributed by atoms with Gasteiger partial charge in [0.15, 0.2) is 5.96 Å². The Balaban J connectivity index is 0.00000324. The van der Waals surface area contributed by atoms with Gasteiger partial charge in [-0.1, -0.05) is 42.5 Å². The van der Waals surface area contributed by atoms with Crippen LogP contribution in [0.2, 0.25) is 0 Å². The Morgan fingerprint density at radius 3 is 2.47 bits per heavy atom. The molecule has 2 unspecified atom stereocenters. The molecule has 0 saturated carbocycles. The third-order valence-corrected chi connectivity index (χ3v) is 6.67. The molecular formula is C27H38IN5O. The summed E-state index contributed by atoms with van der Waals surface area (Å²) in [6.07, 6.45) is 3.83. The van der Waals surface area contributed by atoms with Crippen LogP contribution in [0, 0.1) is 0 Å². The van der Waals surface area contributed by atoms with E-state index in [1.165, 1.54) is 5.56 Å². The van der Waals surface area contributed by atoms with Gasteiger partial charge in [0.05, 0.1) is 6.54 Å². The maximum atomic E-state index is 12.0. The lowest BCUT2D eigenvalue weighted by atomic mass is 9.97. The Morgan fingerprint density at radius 1 is 1.06 bits per heavy atom. The Labute approximate surface area is 221 Å². The van der Waals surface area contributed by atoms with Gasteiger partial charge < -0.3 is 15.5 Å². The van der Waals surface area contributed by atoms with Crippen LogP contribution in [0.5, 0.6) is 0 Å². The average Bonchev–Trinajstić information content (AvgIpc) is 3.26. The first kappa shape index (κ1) is 26.5. The van der Waals surface area contributed by atoms with Gasteiger partial charge in [-0.3, -0.25) is 9.69 Å². The molecule has 0 spiro atoms. The van der Waals surface area contributed by atoms with Crippen molar-refractivity contribution in [2.75, 3.05) is 24.5 Å². The van der Waals surface area contributed by atoms with Crippen LogP contribution < -0.4 is 15.5 Å². The molecule has 0 aliphatic carbocycles. The van der Waals surface area contributed by atoms with E-state index in [1.807, 2.05) is 17.0 Å². The van der Waals surface area contributed by atoms with Gasteiger partial charge in [-0.25, -0.2) is 4.99 Å². The van der Waals surface area contributed by atoms with Crippen LogP contribution >= 0.6 is 24.0 Å². The van der Waals surface area contributed by atoms with Gasteiger partial charge in [0, 0.05) is 50.4 Å². The highest BCUT2D eigenvalue weighted by molar-refractivity contribution is 14.0. The van der Waals surface area contributed by atoms with Gasteiger partial charge in [-0.15, -0.1) is 24.0 Å². The van der Waals surface area contributed by atoms with Crippen molar-refractivity contribution in [3.05, 3.63) is 65.7 Å². The highest BCUT2D eigenvalue weighted by Gasteiger charge is 2.26. The quantitative estimate of drug-likeness (QED) is 0.289. The average molecular weight is 576 g/mol. The lowest BCUT2D eigenvalue weighted by Gasteiger charge is -2.38. The molecule has 34 heavy (non-hydrogen) atoms. The third-order valence-electron chi connectivity index (χ3n) is 6.67. The van der Waals surface area contributed by atoms with E-state index in [9.17, 15) is 4.79 Å². The van der Waals surface area contributed by atoms with E-state index in [-0.39, 0.29) is 29.9 Å². The molecule has 2 aliphatic rings. The molecule has 2 N–H and O–H groups in total. The molecule has 7 heteroatoms. The first-order valence-corrected chi connectivity index (χ1v) is 12.3. The van der Waals surface area contributed by atoms with Crippen molar-refractivity contribution in [2.24, 2.45) is 4.99 Å². The number of anilines is 1. The normalized spacial score (nSPS) is 21.3. The smallest absolute Gasteiger partial charge is 0.227 e. The second-order valence-electron chi connectivity index (χ2n) is 9.18. The van der Waals surface area contributed by atoms with Crippen molar-refractivity contribution in [1.29, 1.82) is 0 Å². The van der Waals surface area contributed by atoms with Crippen LogP contribution in [-0.4, -0.2) is 48.5 Å². The topological polar surface area (TPSA) is 60.0 Å². The van der Waals surface area contributed by atoms with Crippen LogP contribution in [0.1, 0.15) is 50.7 Å². The summed E-state index contributed by atoms with van der Waals surface area (Å²) in [5.74, 6) is 1.11. The summed E-state index contributed by atoms with van der Waals surface area (Å²) < 4.78 is 0. The number of halogens is 1. The number of nitrogens with zero attached hydrogens (tertiary/aromatic N) is 3. The van der Waals surface area contributed by atoms with E-state index in [2.05, 4.69) is 71.8 Å². The fourth-order valence-corrected chi connectivity index (χ4v) is 4.79. The van der Waals surface area contributed by atoms with Crippen molar-refractivity contribution in [3.63, 3.8) is 0 Å². The molecule has 2 aromatic rings. The minimum Gasteiger partial charge on any atom is -0.357 e. The number of piperidine rings is 1. The summed E-state index contributed by atoms with van der Waals surface area (Å²) in [6.45, 7) is 8.81. The summed E-state index contributed by atoms with van der Waals surface area (Å²) in [4.78, 5) is 21.2. The lowest BCUT2D eigenvalue weighted by Crippen LogP contribution is -2.51. The molecular weight excluding hydrogens is 537 g/mol. The van der Waals surface area contributed by atoms with E-state index in [0.29, 0.717) is 25.0 Å². The summed E-state index contributed by atoms with van der Waals surface area (Å²) in [6, 6.07) is 19.9. The summed E-state index contributed by atoms with van der Waals surface area (Å²) in [5, 5.41) is 7.06. The number of carbonyl (C=O) groups excluding carboxylic acids is 1. The van der Waals surface area contributed by atoms with Crippen LogP contribution in [0.4, 0.5) is 5.69 Å². The molecule has 2 aliphatic heterocycles. The Kier molecular flexibility index (Phi) is 10.2. The zero-order chi connectivity index (χ0) is 23.0. The van der Waals surface area contributed by atoms with E-state index >= 15 is 0 Å². The SMILES string of the molecule is CCNC(=NCc1ccc(N2CCCC2=O)cc1)NC1CCN(Cc2ccccc2)C(C)C1.I. The fraction of sp³-hybridized carbons (Fsp3) is 0.481. The molecule has 0 radical (unpaired) electrons. The number of benzene rings is 2. The first-order valence-electron chi connectivity index (χ1n) is 12.3. The lowest BCUT2D eigenvalue weighted by molar-refractivity contribution is -0.117. The highest BCUT2D eigenvalue weighted by Crippen LogP contribution is 2.22. The minimum absolute atomic E-state index is 0. The van der Waals surface area contributed by atoms with Gasteiger partial charge in [-0.05, 0) is 56.4 Å². The van der Waals surface area contributed by atoms with Gasteiger partial charge >= 0.3 is 0 Å². The molecule has 2 aromatic carbocycles. The Hall–Kier alpha value is -2.13. The maximum absolute atomic E-state index is 12.0. The van der Waals surface area contributed by atoms with E-state index in [1.54, 1.807) is 0 Å². The van der Waals surface area contributed by atoms with E-state index in [0.717, 1.165) is 62.7 Å². The minimum atomic E-state index is 0. The molecule has 4 rings (SSSR count). The molecule has 0 bridgehead atoms. The van der Waals surface area contributed by atoms with E-state index in [4.69, 9.17) is 4.99 Å². The van der Waals surface area contributed by atoms with Crippen molar-refractivity contribution < 1.29 is 4.79 Å². The highest BCUT2D eigenvalue weighted by atomic mass is 127. The molecule has 2 heterocycles. The van der Waals surface area contributed by atoms with Gasteiger partial charge in [-0.2, -0.15) is 0 Å². The molecule has 184 valence electrons. The number of carbonyl (C=O) groups is 1. The van der Waals surface area contributed by atoms with Gasteiger partial charge in [0.25, 0.3) is 0 Å². The number of hydrogen-bond acceptors (Lipinski definition) is 3. The number of nitrogens with one attached hydrogen (secondary N) is 2. The number of aliphatic imine (C=N–C) groups is 1. The molecule has 6 nitrogen and oxygen atoms in total. The summed E-state index contributed by atoms with van der Waals surface area (Å²) >= 11 is 0. The Bertz CT molecular complexity index is 934.